The molecule has 0 spiro atoms. The molecule has 0 aliphatic heterocycles. The summed E-state index contributed by atoms with van der Waals surface area (Å²) in [6.45, 7) is 0. The third kappa shape index (κ3) is 3.97. The summed E-state index contributed by atoms with van der Waals surface area (Å²) in [7, 11) is 0. The van der Waals surface area contributed by atoms with E-state index in [1.807, 2.05) is 48.5 Å². The maximum Gasteiger partial charge on any atom is 0.164 e. The number of furan rings is 1. The van der Waals surface area contributed by atoms with Crippen molar-refractivity contribution in [1.82, 2.24) is 19.9 Å². The van der Waals surface area contributed by atoms with Crippen LogP contribution in [0, 0.1) is 0 Å². The first kappa shape index (κ1) is 25.8. The van der Waals surface area contributed by atoms with Gasteiger partial charge >= 0.3 is 0 Å². The zero-order valence-electron chi connectivity index (χ0n) is 25.1. The van der Waals surface area contributed by atoms with E-state index in [4.69, 9.17) is 19.4 Å². The van der Waals surface area contributed by atoms with E-state index in [2.05, 4.69) is 96.0 Å². The van der Waals surface area contributed by atoms with Gasteiger partial charge in [-0.05, 0) is 73.4 Å². The highest BCUT2D eigenvalue weighted by atomic mass is 16.3. The van der Waals surface area contributed by atoms with Crippen LogP contribution in [0.5, 0.6) is 0 Å². The third-order valence-corrected chi connectivity index (χ3v) is 9.15. The average molecular weight is 601 g/mol. The van der Waals surface area contributed by atoms with Crippen LogP contribution in [0.25, 0.3) is 99.3 Å². The summed E-state index contributed by atoms with van der Waals surface area (Å²) in [5.74, 6) is 1.87. The molecule has 10 rings (SSSR count). The summed E-state index contributed by atoms with van der Waals surface area (Å²) in [4.78, 5) is 20.1. The number of aromatic nitrogens is 4. The van der Waals surface area contributed by atoms with E-state index in [1.54, 1.807) is 6.20 Å². The molecule has 0 atom stereocenters. The molecule has 218 valence electrons. The van der Waals surface area contributed by atoms with Gasteiger partial charge in [0, 0.05) is 22.9 Å². The predicted octanol–water partition coefficient (Wildman–Crippen LogP) is 10.8. The van der Waals surface area contributed by atoms with Crippen molar-refractivity contribution in [2.75, 3.05) is 0 Å². The zero-order valence-corrected chi connectivity index (χ0v) is 25.1. The van der Waals surface area contributed by atoms with Crippen LogP contribution in [0.4, 0.5) is 0 Å². The highest BCUT2D eigenvalue weighted by Crippen LogP contribution is 2.40. The zero-order chi connectivity index (χ0) is 30.9. The molecule has 7 aromatic carbocycles. The molecule has 3 aromatic heterocycles. The lowest BCUT2D eigenvalue weighted by atomic mass is 9.93. The fourth-order valence-corrected chi connectivity index (χ4v) is 7.04. The van der Waals surface area contributed by atoms with Crippen LogP contribution in [0.2, 0.25) is 0 Å². The van der Waals surface area contributed by atoms with Gasteiger partial charge in [0.1, 0.15) is 11.1 Å². The number of nitrogens with zero attached hydrogens (tertiary/aromatic N) is 4. The molecule has 0 aliphatic carbocycles. The molecule has 5 nitrogen and oxygen atoms in total. The Hall–Kier alpha value is -6.46. The Morgan fingerprint density at radius 1 is 0.404 bits per heavy atom. The number of fused-ring (bicyclic) bond motifs is 10. The first-order valence-electron chi connectivity index (χ1n) is 15.6. The first-order valence-corrected chi connectivity index (χ1v) is 15.6. The molecule has 0 saturated carbocycles. The SMILES string of the molecule is c1ccc(-c2nc(-c3cc4ccc5ccccc5c4c4ccccc34)nc(-c3cccc4c3ccc3oc5cccnc5c34)n2)cc1. The molecule has 0 amide bonds. The van der Waals surface area contributed by atoms with E-state index in [9.17, 15) is 0 Å². The van der Waals surface area contributed by atoms with Crippen LogP contribution in [0.3, 0.4) is 0 Å². The van der Waals surface area contributed by atoms with Crippen molar-refractivity contribution in [3.05, 3.63) is 146 Å². The fraction of sp³-hybridized carbons (Fsp3) is 0. The summed E-state index contributed by atoms with van der Waals surface area (Å²) in [5, 5.41) is 10.2. The number of hydrogen-bond acceptors (Lipinski definition) is 5. The van der Waals surface area contributed by atoms with E-state index in [1.165, 1.54) is 21.5 Å². The maximum atomic E-state index is 6.16. The number of benzene rings is 7. The van der Waals surface area contributed by atoms with Crippen LogP contribution in [-0.4, -0.2) is 19.9 Å². The van der Waals surface area contributed by atoms with Crippen molar-refractivity contribution < 1.29 is 4.42 Å². The minimum atomic E-state index is 0.613. The van der Waals surface area contributed by atoms with E-state index in [-0.39, 0.29) is 0 Å². The van der Waals surface area contributed by atoms with Crippen LogP contribution < -0.4 is 0 Å². The lowest BCUT2D eigenvalue weighted by Crippen LogP contribution is -2.01. The smallest absolute Gasteiger partial charge is 0.164 e. The van der Waals surface area contributed by atoms with Gasteiger partial charge in [-0.15, -0.1) is 0 Å². The van der Waals surface area contributed by atoms with Gasteiger partial charge in [-0.3, -0.25) is 4.98 Å². The Kier molecular flexibility index (Phi) is 5.51. The first-order chi connectivity index (χ1) is 23.3. The van der Waals surface area contributed by atoms with Gasteiger partial charge in [-0.25, -0.2) is 15.0 Å². The van der Waals surface area contributed by atoms with E-state index >= 15 is 0 Å². The summed E-state index contributed by atoms with van der Waals surface area (Å²) < 4.78 is 6.16. The standard InChI is InChI=1S/C42H24N4O/c1-2-11-26(12-3-1)40-44-41(33-17-8-16-32-30(33)21-22-35-38(32)39-36(47-35)18-9-23-43-39)46-42(45-40)34-24-27-20-19-25-10-4-5-13-28(25)37(27)31-15-7-6-14-29(31)34/h1-24H. The molecule has 0 aliphatic rings. The molecule has 0 radical (unpaired) electrons. The fourth-order valence-electron chi connectivity index (χ4n) is 7.04. The molecule has 5 heteroatoms. The van der Waals surface area contributed by atoms with Crippen molar-refractivity contribution in [3.8, 4) is 34.2 Å². The van der Waals surface area contributed by atoms with Crippen LogP contribution in [0.15, 0.2) is 150 Å². The second-order valence-electron chi connectivity index (χ2n) is 11.8. The summed E-state index contributed by atoms with van der Waals surface area (Å²) in [5.41, 5.74) is 5.25. The van der Waals surface area contributed by atoms with Gasteiger partial charge in [0.15, 0.2) is 23.1 Å². The number of rotatable bonds is 3. The highest BCUT2D eigenvalue weighted by Gasteiger charge is 2.19. The molecule has 0 saturated heterocycles. The lowest BCUT2D eigenvalue weighted by Gasteiger charge is -2.14. The van der Waals surface area contributed by atoms with Gasteiger partial charge in [0.25, 0.3) is 0 Å². The number of pyridine rings is 1. The van der Waals surface area contributed by atoms with Gasteiger partial charge in [0.05, 0.1) is 5.39 Å². The van der Waals surface area contributed by atoms with Crippen molar-refractivity contribution in [2.45, 2.75) is 0 Å². The van der Waals surface area contributed by atoms with Gasteiger partial charge in [-0.2, -0.15) is 0 Å². The summed E-state index contributed by atoms with van der Waals surface area (Å²) >= 11 is 0. The lowest BCUT2D eigenvalue weighted by molar-refractivity contribution is 0.668. The average Bonchev–Trinajstić information content (AvgIpc) is 3.53. The Labute approximate surface area is 268 Å². The predicted molar refractivity (Wildman–Crippen MR) is 191 cm³/mol. The van der Waals surface area contributed by atoms with Gasteiger partial charge in [0.2, 0.25) is 0 Å². The van der Waals surface area contributed by atoms with E-state index in [0.29, 0.717) is 17.5 Å². The molecular formula is C42H24N4O. The second-order valence-corrected chi connectivity index (χ2v) is 11.8. The molecule has 0 N–H and O–H groups in total. The topological polar surface area (TPSA) is 64.7 Å². The van der Waals surface area contributed by atoms with Crippen molar-refractivity contribution >= 4 is 65.2 Å². The molecule has 0 unspecified atom stereocenters. The summed E-state index contributed by atoms with van der Waals surface area (Å²) in [6.07, 6.45) is 1.81. The van der Waals surface area contributed by atoms with Gasteiger partial charge in [-0.1, -0.05) is 109 Å². The Morgan fingerprint density at radius 2 is 1.09 bits per heavy atom. The molecule has 0 bridgehead atoms. The van der Waals surface area contributed by atoms with Crippen molar-refractivity contribution in [2.24, 2.45) is 0 Å². The van der Waals surface area contributed by atoms with Crippen molar-refractivity contribution in [1.29, 1.82) is 0 Å². The molecule has 0 fully saturated rings. The Morgan fingerprint density at radius 3 is 1.98 bits per heavy atom. The minimum Gasteiger partial charge on any atom is -0.454 e. The van der Waals surface area contributed by atoms with E-state index in [0.717, 1.165) is 60.3 Å². The third-order valence-electron chi connectivity index (χ3n) is 9.15. The van der Waals surface area contributed by atoms with E-state index < -0.39 is 0 Å². The molecule has 3 heterocycles. The molecular weight excluding hydrogens is 576 g/mol. The molecule has 47 heavy (non-hydrogen) atoms. The number of hydrogen-bond donors (Lipinski definition) is 0. The van der Waals surface area contributed by atoms with Gasteiger partial charge < -0.3 is 4.42 Å². The second kappa shape index (κ2) is 10.0. The highest BCUT2D eigenvalue weighted by molar-refractivity contribution is 6.23. The Bertz CT molecular complexity index is 2860. The van der Waals surface area contributed by atoms with Crippen LogP contribution >= 0.6 is 0 Å². The minimum absolute atomic E-state index is 0.613. The molecule has 10 aromatic rings. The largest absolute Gasteiger partial charge is 0.454 e. The quantitative estimate of drug-likeness (QED) is 0.189. The normalized spacial score (nSPS) is 11.8. The van der Waals surface area contributed by atoms with Crippen LogP contribution in [-0.2, 0) is 0 Å². The van der Waals surface area contributed by atoms with Crippen molar-refractivity contribution in [3.63, 3.8) is 0 Å². The maximum absolute atomic E-state index is 6.16. The Balaban J connectivity index is 1.28. The monoisotopic (exact) mass is 600 g/mol. The van der Waals surface area contributed by atoms with Crippen LogP contribution in [0.1, 0.15) is 0 Å². The summed E-state index contributed by atoms with van der Waals surface area (Å²) in [6, 6.07) is 48.1.